The number of carbonyl (C=O) groups is 1. The number of nitrogens with one attached hydrogen (secondary N) is 2. The second-order valence-corrected chi connectivity index (χ2v) is 5.77. The molecule has 0 aromatic carbocycles. The van der Waals surface area contributed by atoms with E-state index >= 15 is 0 Å². The van der Waals surface area contributed by atoms with Crippen molar-refractivity contribution in [3.63, 3.8) is 0 Å². The standard InChI is InChI=1S/C14H23N7O3/c1-2-5-16-12(22)9-20-6-3-10(4-7-20)18-14-17-8-11(21(23)24)13(15)19-14/h8,10H,2-7,9H2,1H3,(H,16,22)(H3,15,17,18,19). The molecule has 1 amide bonds. The molecule has 10 heteroatoms. The zero-order valence-corrected chi connectivity index (χ0v) is 13.7. The van der Waals surface area contributed by atoms with Crippen molar-refractivity contribution in [1.82, 2.24) is 20.2 Å². The molecule has 2 rings (SSSR count). The van der Waals surface area contributed by atoms with Crippen LogP contribution in [0.25, 0.3) is 0 Å². The summed E-state index contributed by atoms with van der Waals surface area (Å²) < 4.78 is 0. The van der Waals surface area contributed by atoms with Crippen LogP contribution >= 0.6 is 0 Å². The maximum absolute atomic E-state index is 11.7. The molecule has 132 valence electrons. The van der Waals surface area contributed by atoms with E-state index in [1.54, 1.807) is 0 Å². The number of hydrogen-bond acceptors (Lipinski definition) is 8. The van der Waals surface area contributed by atoms with Gasteiger partial charge in [-0.2, -0.15) is 4.98 Å². The summed E-state index contributed by atoms with van der Waals surface area (Å²) in [4.78, 5) is 31.8. The lowest BCUT2D eigenvalue weighted by Crippen LogP contribution is -2.44. The normalized spacial score (nSPS) is 15.9. The molecule has 0 unspecified atom stereocenters. The molecule has 1 saturated heterocycles. The van der Waals surface area contributed by atoms with Crippen molar-refractivity contribution < 1.29 is 9.72 Å². The third-order valence-electron chi connectivity index (χ3n) is 3.85. The van der Waals surface area contributed by atoms with E-state index in [1.807, 2.05) is 6.92 Å². The highest BCUT2D eigenvalue weighted by molar-refractivity contribution is 5.77. The highest BCUT2D eigenvalue weighted by atomic mass is 16.6. The maximum atomic E-state index is 11.7. The zero-order valence-electron chi connectivity index (χ0n) is 13.7. The lowest BCUT2D eigenvalue weighted by molar-refractivity contribution is -0.384. The van der Waals surface area contributed by atoms with Gasteiger partial charge in [-0.15, -0.1) is 0 Å². The summed E-state index contributed by atoms with van der Waals surface area (Å²) >= 11 is 0. The van der Waals surface area contributed by atoms with Crippen LogP contribution in [0.1, 0.15) is 26.2 Å². The van der Waals surface area contributed by atoms with Crippen LogP contribution in [0.2, 0.25) is 0 Å². The minimum Gasteiger partial charge on any atom is -0.378 e. The van der Waals surface area contributed by atoms with E-state index in [9.17, 15) is 14.9 Å². The number of nitrogen functional groups attached to an aromatic ring is 1. The third kappa shape index (κ3) is 5.01. The Morgan fingerprint density at radius 2 is 2.21 bits per heavy atom. The molecule has 1 aliphatic rings. The first-order valence-electron chi connectivity index (χ1n) is 8.02. The summed E-state index contributed by atoms with van der Waals surface area (Å²) in [5.74, 6) is 0.189. The Balaban J connectivity index is 1.80. The quantitative estimate of drug-likeness (QED) is 0.479. The van der Waals surface area contributed by atoms with Gasteiger partial charge in [0.15, 0.2) is 0 Å². The number of aromatic nitrogens is 2. The van der Waals surface area contributed by atoms with Crippen LogP contribution in [0.4, 0.5) is 17.5 Å². The molecule has 1 aromatic rings. The fraction of sp³-hybridized carbons (Fsp3) is 0.643. The molecule has 10 nitrogen and oxygen atoms in total. The highest BCUT2D eigenvalue weighted by Gasteiger charge is 2.22. The van der Waals surface area contributed by atoms with E-state index in [4.69, 9.17) is 5.73 Å². The predicted molar refractivity (Wildman–Crippen MR) is 89.5 cm³/mol. The Kier molecular flexibility index (Phi) is 6.24. The fourth-order valence-electron chi connectivity index (χ4n) is 2.54. The van der Waals surface area contributed by atoms with Crippen molar-refractivity contribution in [3.8, 4) is 0 Å². The van der Waals surface area contributed by atoms with Gasteiger partial charge in [-0.1, -0.05) is 6.92 Å². The number of hydrogen-bond donors (Lipinski definition) is 3. The summed E-state index contributed by atoms with van der Waals surface area (Å²) in [6.45, 7) is 4.72. The molecular weight excluding hydrogens is 314 g/mol. The molecule has 0 aliphatic carbocycles. The summed E-state index contributed by atoms with van der Waals surface area (Å²) in [7, 11) is 0. The first kappa shape index (κ1) is 17.9. The molecule has 4 N–H and O–H groups in total. The van der Waals surface area contributed by atoms with E-state index in [0.717, 1.165) is 38.5 Å². The Hall–Kier alpha value is -2.49. The summed E-state index contributed by atoms with van der Waals surface area (Å²) in [6, 6.07) is 0.154. The van der Waals surface area contributed by atoms with Gasteiger partial charge in [0.05, 0.1) is 11.5 Å². The average Bonchev–Trinajstić information content (AvgIpc) is 2.54. The smallest absolute Gasteiger partial charge is 0.329 e. The molecule has 0 bridgehead atoms. The van der Waals surface area contributed by atoms with Crippen LogP contribution in [0.3, 0.4) is 0 Å². The van der Waals surface area contributed by atoms with Crippen LogP contribution in [0, 0.1) is 10.1 Å². The Bertz CT molecular complexity index is 588. The molecule has 0 spiro atoms. The number of rotatable bonds is 7. The number of nitrogens with zero attached hydrogens (tertiary/aromatic N) is 4. The monoisotopic (exact) mass is 337 g/mol. The van der Waals surface area contributed by atoms with E-state index in [0.29, 0.717) is 13.1 Å². The molecule has 2 heterocycles. The summed E-state index contributed by atoms with van der Waals surface area (Å²) in [5.41, 5.74) is 5.26. The number of nitro groups is 1. The van der Waals surface area contributed by atoms with Gasteiger partial charge in [0.1, 0.15) is 6.20 Å². The minimum absolute atomic E-state index is 0.0507. The first-order chi connectivity index (χ1) is 11.5. The van der Waals surface area contributed by atoms with Crippen molar-refractivity contribution >= 4 is 23.4 Å². The summed E-state index contributed by atoms with van der Waals surface area (Å²) in [5, 5.41) is 16.7. The summed E-state index contributed by atoms with van der Waals surface area (Å²) in [6.07, 6.45) is 3.70. The van der Waals surface area contributed by atoms with E-state index in [2.05, 4.69) is 25.5 Å². The van der Waals surface area contributed by atoms with Crippen molar-refractivity contribution in [3.05, 3.63) is 16.3 Å². The Morgan fingerprint density at radius 1 is 1.50 bits per heavy atom. The molecule has 0 atom stereocenters. The molecule has 1 aromatic heterocycles. The number of carbonyl (C=O) groups excluding carboxylic acids is 1. The van der Waals surface area contributed by atoms with Gasteiger partial charge in [-0.3, -0.25) is 19.8 Å². The van der Waals surface area contributed by atoms with Crippen molar-refractivity contribution in [2.24, 2.45) is 0 Å². The fourth-order valence-corrected chi connectivity index (χ4v) is 2.54. The lowest BCUT2D eigenvalue weighted by Gasteiger charge is -2.31. The maximum Gasteiger partial charge on any atom is 0.329 e. The van der Waals surface area contributed by atoms with Gasteiger partial charge in [0, 0.05) is 25.7 Å². The van der Waals surface area contributed by atoms with Crippen molar-refractivity contribution in [2.75, 3.05) is 37.2 Å². The van der Waals surface area contributed by atoms with Gasteiger partial charge < -0.3 is 16.4 Å². The number of piperidine rings is 1. The number of anilines is 2. The molecule has 1 aliphatic heterocycles. The Labute approximate surface area is 140 Å². The molecule has 0 saturated carbocycles. The number of nitrogens with two attached hydrogens (primary N) is 1. The van der Waals surface area contributed by atoms with E-state index in [1.165, 1.54) is 0 Å². The van der Waals surface area contributed by atoms with Gasteiger partial charge >= 0.3 is 5.69 Å². The largest absolute Gasteiger partial charge is 0.378 e. The number of amides is 1. The zero-order chi connectivity index (χ0) is 17.5. The molecule has 0 radical (unpaired) electrons. The van der Waals surface area contributed by atoms with Gasteiger partial charge in [-0.05, 0) is 19.3 Å². The lowest BCUT2D eigenvalue weighted by atomic mass is 10.1. The number of likely N-dealkylation sites (tertiary alicyclic amines) is 1. The van der Waals surface area contributed by atoms with E-state index in [-0.39, 0.29) is 29.4 Å². The van der Waals surface area contributed by atoms with E-state index < -0.39 is 4.92 Å². The van der Waals surface area contributed by atoms with Gasteiger partial charge in [0.2, 0.25) is 17.7 Å². The second kappa shape index (κ2) is 8.39. The van der Waals surface area contributed by atoms with Gasteiger partial charge in [-0.25, -0.2) is 4.98 Å². The second-order valence-electron chi connectivity index (χ2n) is 5.77. The first-order valence-corrected chi connectivity index (χ1v) is 8.02. The van der Waals surface area contributed by atoms with Crippen LogP contribution in [-0.4, -0.2) is 57.9 Å². The minimum atomic E-state index is -0.610. The van der Waals surface area contributed by atoms with Crippen molar-refractivity contribution in [2.45, 2.75) is 32.2 Å². The van der Waals surface area contributed by atoms with Gasteiger partial charge in [0.25, 0.3) is 0 Å². The highest BCUT2D eigenvalue weighted by Crippen LogP contribution is 2.20. The van der Waals surface area contributed by atoms with Crippen molar-refractivity contribution in [1.29, 1.82) is 0 Å². The topological polar surface area (TPSA) is 139 Å². The van der Waals surface area contributed by atoms with Crippen LogP contribution < -0.4 is 16.4 Å². The molecular formula is C14H23N7O3. The average molecular weight is 337 g/mol. The van der Waals surface area contributed by atoms with Crippen LogP contribution in [0.5, 0.6) is 0 Å². The molecule has 24 heavy (non-hydrogen) atoms. The third-order valence-corrected chi connectivity index (χ3v) is 3.85. The van der Waals surface area contributed by atoms with Crippen LogP contribution in [0.15, 0.2) is 6.20 Å². The SMILES string of the molecule is CCCNC(=O)CN1CCC(Nc2ncc([N+](=O)[O-])c(N)n2)CC1. The van der Waals surface area contributed by atoms with Crippen LogP contribution in [-0.2, 0) is 4.79 Å². The predicted octanol–water partition coefficient (Wildman–Crippen LogP) is 0.370. The Morgan fingerprint density at radius 3 is 2.79 bits per heavy atom. The molecule has 1 fully saturated rings.